The first kappa shape index (κ1) is 11.5. The molecule has 0 saturated carbocycles. The van der Waals surface area contributed by atoms with E-state index in [1.807, 2.05) is 11.0 Å². The third kappa shape index (κ3) is 2.41. The molecule has 1 heterocycles. The summed E-state index contributed by atoms with van der Waals surface area (Å²) in [5.41, 5.74) is 1.98. The van der Waals surface area contributed by atoms with Crippen LogP contribution in [0.2, 0.25) is 0 Å². The van der Waals surface area contributed by atoms with E-state index in [0.29, 0.717) is 12.8 Å². The molecule has 2 rings (SSSR count). The van der Waals surface area contributed by atoms with E-state index >= 15 is 0 Å². The molecule has 0 amide bonds. The van der Waals surface area contributed by atoms with Crippen molar-refractivity contribution in [1.82, 2.24) is 4.90 Å². The Hall–Kier alpha value is -1.97. The van der Waals surface area contributed by atoms with Crippen molar-refractivity contribution < 1.29 is 9.18 Å². The van der Waals surface area contributed by atoms with Gasteiger partial charge in [-0.3, -0.25) is 10.2 Å². The fourth-order valence-electron chi connectivity index (χ4n) is 1.89. The predicted molar refractivity (Wildman–Crippen MR) is 64.7 cm³/mol. The maximum absolute atomic E-state index is 13.4. The predicted octanol–water partition coefficient (Wildman–Crippen LogP) is 2.33. The molecule has 0 atom stereocenters. The Labute approximate surface area is 99.1 Å². The molecule has 0 radical (unpaired) electrons. The number of hydrogen-bond donors (Lipinski definition) is 1. The molecule has 88 valence electrons. The molecular weight excluding hydrogens is 219 g/mol. The van der Waals surface area contributed by atoms with Gasteiger partial charge in [0.25, 0.3) is 0 Å². The monoisotopic (exact) mass is 232 g/mol. The summed E-state index contributed by atoms with van der Waals surface area (Å²) in [5.74, 6) is -0.479. The van der Waals surface area contributed by atoms with Crippen LogP contribution < -0.4 is 0 Å². The molecule has 0 spiro atoms. The van der Waals surface area contributed by atoms with Crippen LogP contribution in [0.1, 0.15) is 22.3 Å². The van der Waals surface area contributed by atoms with Crippen molar-refractivity contribution in [2.75, 3.05) is 13.1 Å². The topological polar surface area (TPSA) is 44.2 Å². The number of carbonyl (C=O) groups is 1. The summed E-state index contributed by atoms with van der Waals surface area (Å²) in [7, 11) is 0. The highest BCUT2D eigenvalue weighted by atomic mass is 19.1. The van der Waals surface area contributed by atoms with E-state index in [4.69, 9.17) is 5.41 Å². The molecule has 1 aromatic carbocycles. The fourth-order valence-corrected chi connectivity index (χ4v) is 1.89. The van der Waals surface area contributed by atoms with E-state index in [1.54, 1.807) is 6.07 Å². The summed E-state index contributed by atoms with van der Waals surface area (Å²) in [6, 6.07) is 4.66. The Balaban J connectivity index is 2.24. The molecule has 0 aliphatic carbocycles. The number of aldehydes is 1. The van der Waals surface area contributed by atoms with Gasteiger partial charge in [0.05, 0.1) is 11.9 Å². The lowest BCUT2D eigenvalue weighted by Gasteiger charge is -2.23. The summed E-state index contributed by atoms with van der Waals surface area (Å²) in [5, 5.41) is 7.13. The Morgan fingerprint density at radius 3 is 2.76 bits per heavy atom. The molecule has 1 aromatic rings. The minimum absolute atomic E-state index is 0.0891. The quantitative estimate of drug-likeness (QED) is 0.494. The van der Waals surface area contributed by atoms with E-state index in [9.17, 15) is 9.18 Å². The fraction of sp³-hybridized carbons (Fsp3) is 0.231. The Bertz CT molecular complexity index is 482. The SMILES string of the molecule is N=CN1CC=C(c2ccc(C=O)c(F)c2)CC1. The molecule has 1 aliphatic heterocycles. The van der Waals surface area contributed by atoms with Crippen LogP contribution in [0.4, 0.5) is 4.39 Å². The van der Waals surface area contributed by atoms with Gasteiger partial charge in [0.1, 0.15) is 5.82 Å². The molecule has 3 nitrogen and oxygen atoms in total. The Morgan fingerprint density at radius 2 is 2.24 bits per heavy atom. The van der Waals surface area contributed by atoms with Gasteiger partial charge in [-0.25, -0.2) is 4.39 Å². The minimum atomic E-state index is -0.479. The Morgan fingerprint density at radius 1 is 1.41 bits per heavy atom. The van der Waals surface area contributed by atoms with Crippen molar-refractivity contribution >= 4 is 18.2 Å². The second-order valence-electron chi connectivity index (χ2n) is 3.96. The van der Waals surface area contributed by atoms with Gasteiger partial charge in [0.2, 0.25) is 0 Å². The number of nitrogens with zero attached hydrogens (tertiary/aromatic N) is 1. The van der Waals surface area contributed by atoms with Gasteiger partial charge in [-0.05, 0) is 29.7 Å². The summed E-state index contributed by atoms with van der Waals surface area (Å²) >= 11 is 0. The van der Waals surface area contributed by atoms with Gasteiger partial charge in [-0.1, -0.05) is 12.1 Å². The molecule has 1 aliphatic rings. The third-order valence-electron chi connectivity index (χ3n) is 2.92. The lowest BCUT2D eigenvalue weighted by molar-refractivity contribution is 0.112. The average molecular weight is 232 g/mol. The van der Waals surface area contributed by atoms with Gasteiger partial charge in [0, 0.05) is 13.1 Å². The first-order valence-corrected chi connectivity index (χ1v) is 5.43. The highest BCUT2D eigenvalue weighted by Gasteiger charge is 2.11. The maximum atomic E-state index is 13.4. The molecule has 4 heteroatoms. The average Bonchev–Trinajstić information content (AvgIpc) is 2.39. The van der Waals surface area contributed by atoms with Crippen LogP contribution in [0.15, 0.2) is 24.3 Å². The van der Waals surface area contributed by atoms with Crippen molar-refractivity contribution in [3.8, 4) is 0 Å². The van der Waals surface area contributed by atoms with Crippen molar-refractivity contribution in [2.45, 2.75) is 6.42 Å². The zero-order chi connectivity index (χ0) is 12.3. The van der Waals surface area contributed by atoms with Gasteiger partial charge in [0.15, 0.2) is 6.29 Å². The second-order valence-corrected chi connectivity index (χ2v) is 3.96. The van der Waals surface area contributed by atoms with Crippen molar-refractivity contribution in [2.24, 2.45) is 0 Å². The van der Waals surface area contributed by atoms with Crippen molar-refractivity contribution in [1.29, 1.82) is 5.41 Å². The summed E-state index contributed by atoms with van der Waals surface area (Å²) in [6.07, 6.45) is 4.60. The van der Waals surface area contributed by atoms with Crippen LogP contribution >= 0.6 is 0 Å². The number of benzene rings is 1. The van der Waals surface area contributed by atoms with Gasteiger partial charge in [-0.2, -0.15) is 0 Å². The molecular formula is C13H13FN2O. The highest BCUT2D eigenvalue weighted by Crippen LogP contribution is 2.23. The van der Waals surface area contributed by atoms with E-state index in [1.165, 1.54) is 18.5 Å². The minimum Gasteiger partial charge on any atom is -0.359 e. The number of carbonyl (C=O) groups excluding carboxylic acids is 1. The molecule has 0 fully saturated rings. The summed E-state index contributed by atoms with van der Waals surface area (Å²) < 4.78 is 13.4. The molecule has 1 N–H and O–H groups in total. The molecule has 0 unspecified atom stereocenters. The standard InChI is InChI=1S/C13H13FN2O/c14-13-7-11(1-2-12(13)8-17)10-3-5-16(9-15)6-4-10/h1-3,7-9,15H,4-6H2. The number of halogens is 1. The molecule has 17 heavy (non-hydrogen) atoms. The molecule has 0 aromatic heterocycles. The van der Waals surface area contributed by atoms with E-state index in [0.717, 1.165) is 24.1 Å². The van der Waals surface area contributed by atoms with Crippen LogP contribution in [0, 0.1) is 11.2 Å². The zero-order valence-electron chi connectivity index (χ0n) is 9.32. The van der Waals surface area contributed by atoms with Crippen LogP contribution in [0.3, 0.4) is 0 Å². The first-order valence-electron chi connectivity index (χ1n) is 5.43. The lowest BCUT2D eigenvalue weighted by Crippen LogP contribution is -2.26. The third-order valence-corrected chi connectivity index (χ3v) is 2.92. The molecule has 0 saturated heterocycles. The van der Waals surface area contributed by atoms with Crippen LogP contribution in [-0.4, -0.2) is 30.6 Å². The lowest BCUT2D eigenvalue weighted by atomic mass is 9.98. The van der Waals surface area contributed by atoms with Gasteiger partial charge < -0.3 is 4.90 Å². The second kappa shape index (κ2) is 4.91. The van der Waals surface area contributed by atoms with Gasteiger partial charge >= 0.3 is 0 Å². The van der Waals surface area contributed by atoms with Crippen LogP contribution in [0.25, 0.3) is 5.57 Å². The molecule has 0 bridgehead atoms. The number of rotatable bonds is 3. The zero-order valence-corrected chi connectivity index (χ0v) is 9.32. The van der Waals surface area contributed by atoms with Crippen molar-refractivity contribution in [3.05, 3.63) is 41.2 Å². The largest absolute Gasteiger partial charge is 0.359 e. The Kier molecular flexibility index (Phi) is 3.32. The van der Waals surface area contributed by atoms with Gasteiger partial charge in [-0.15, -0.1) is 0 Å². The smallest absolute Gasteiger partial charge is 0.152 e. The van der Waals surface area contributed by atoms with E-state index in [2.05, 4.69) is 0 Å². The maximum Gasteiger partial charge on any atom is 0.152 e. The van der Waals surface area contributed by atoms with Crippen molar-refractivity contribution in [3.63, 3.8) is 0 Å². The van der Waals surface area contributed by atoms with E-state index in [-0.39, 0.29) is 5.56 Å². The number of hydrogen-bond acceptors (Lipinski definition) is 2. The summed E-state index contributed by atoms with van der Waals surface area (Å²) in [4.78, 5) is 12.4. The van der Waals surface area contributed by atoms with E-state index < -0.39 is 5.82 Å². The number of nitrogens with one attached hydrogen (secondary N) is 1. The highest BCUT2D eigenvalue weighted by molar-refractivity contribution is 5.77. The first-order chi connectivity index (χ1) is 8.24. The normalized spacial score (nSPS) is 15.4. The van der Waals surface area contributed by atoms with Crippen LogP contribution in [-0.2, 0) is 0 Å². The summed E-state index contributed by atoms with van der Waals surface area (Å²) in [6.45, 7) is 1.45. The van der Waals surface area contributed by atoms with Crippen LogP contribution in [0.5, 0.6) is 0 Å².